The van der Waals surface area contributed by atoms with Gasteiger partial charge >= 0.3 is 5.76 Å². The summed E-state index contributed by atoms with van der Waals surface area (Å²) in [5, 5.41) is 2.38. The Morgan fingerprint density at radius 1 is 0.885 bits per heavy atom. The molecule has 0 heterocycles. The SMILES string of the molecule is CN(Cc1ccc(S(=O)(=O)C(F)F)cc1)Cc1cccc2ccccc12. The molecule has 0 N–H and O–H groups in total. The van der Waals surface area contributed by atoms with Crippen molar-refractivity contribution in [2.75, 3.05) is 7.05 Å². The fourth-order valence-corrected chi connectivity index (χ4v) is 3.70. The summed E-state index contributed by atoms with van der Waals surface area (Å²) in [4.78, 5) is 1.74. The minimum Gasteiger partial charge on any atom is -0.298 e. The van der Waals surface area contributed by atoms with Gasteiger partial charge in [-0.2, -0.15) is 8.78 Å². The lowest BCUT2D eigenvalue weighted by molar-refractivity contribution is 0.234. The van der Waals surface area contributed by atoms with Crippen molar-refractivity contribution < 1.29 is 17.2 Å². The van der Waals surface area contributed by atoms with Gasteiger partial charge in [0.05, 0.1) is 4.90 Å². The van der Waals surface area contributed by atoms with Crippen molar-refractivity contribution >= 4 is 20.6 Å². The Bertz CT molecular complexity index is 997. The second-order valence-electron chi connectivity index (χ2n) is 6.26. The molecule has 136 valence electrons. The van der Waals surface area contributed by atoms with E-state index in [2.05, 4.69) is 29.2 Å². The van der Waals surface area contributed by atoms with Gasteiger partial charge in [-0.05, 0) is 41.1 Å². The zero-order valence-electron chi connectivity index (χ0n) is 14.3. The van der Waals surface area contributed by atoms with Crippen LogP contribution in [-0.2, 0) is 22.9 Å². The normalized spacial score (nSPS) is 12.2. The van der Waals surface area contributed by atoms with Gasteiger partial charge in [0.2, 0.25) is 9.84 Å². The molecule has 26 heavy (non-hydrogen) atoms. The second kappa shape index (κ2) is 7.51. The first-order valence-corrected chi connectivity index (χ1v) is 9.69. The number of halogens is 2. The summed E-state index contributed by atoms with van der Waals surface area (Å²) in [5.74, 6) is -3.40. The predicted octanol–water partition coefficient (Wildman–Crippen LogP) is 4.47. The molecule has 0 spiro atoms. The van der Waals surface area contributed by atoms with Crippen molar-refractivity contribution in [2.24, 2.45) is 0 Å². The molecule has 0 radical (unpaired) electrons. The van der Waals surface area contributed by atoms with E-state index >= 15 is 0 Å². The monoisotopic (exact) mass is 375 g/mol. The zero-order chi connectivity index (χ0) is 18.7. The lowest BCUT2D eigenvalue weighted by atomic mass is 10.0. The highest BCUT2D eigenvalue weighted by Gasteiger charge is 2.26. The number of sulfone groups is 1. The van der Waals surface area contributed by atoms with E-state index in [-0.39, 0.29) is 4.90 Å². The number of hydrogen-bond acceptors (Lipinski definition) is 3. The number of benzene rings is 3. The fourth-order valence-electron chi connectivity index (χ4n) is 2.98. The van der Waals surface area contributed by atoms with Crippen LogP contribution in [0.25, 0.3) is 10.8 Å². The molecule has 3 rings (SSSR count). The Kier molecular flexibility index (Phi) is 5.34. The van der Waals surface area contributed by atoms with Crippen LogP contribution in [0.15, 0.2) is 71.6 Å². The van der Waals surface area contributed by atoms with Crippen LogP contribution in [0.1, 0.15) is 11.1 Å². The van der Waals surface area contributed by atoms with E-state index in [1.54, 1.807) is 12.1 Å². The van der Waals surface area contributed by atoms with E-state index in [0.29, 0.717) is 6.54 Å². The Morgan fingerprint density at radius 2 is 1.54 bits per heavy atom. The van der Waals surface area contributed by atoms with Crippen molar-refractivity contribution in [1.82, 2.24) is 4.90 Å². The van der Waals surface area contributed by atoms with E-state index in [4.69, 9.17) is 0 Å². The molecule has 0 fully saturated rings. The van der Waals surface area contributed by atoms with E-state index in [9.17, 15) is 17.2 Å². The molecule has 0 atom stereocenters. The third kappa shape index (κ3) is 3.92. The maximum absolute atomic E-state index is 12.6. The summed E-state index contributed by atoms with van der Waals surface area (Å²) < 4.78 is 48.1. The van der Waals surface area contributed by atoms with Crippen LogP contribution >= 0.6 is 0 Å². The Labute approximate surface area is 151 Å². The van der Waals surface area contributed by atoms with Gasteiger partial charge in [0.15, 0.2) is 0 Å². The molecule has 0 unspecified atom stereocenters. The summed E-state index contributed by atoms with van der Waals surface area (Å²) >= 11 is 0. The van der Waals surface area contributed by atoms with Crippen LogP contribution in [-0.4, -0.2) is 26.1 Å². The van der Waals surface area contributed by atoms with Crippen molar-refractivity contribution in [3.63, 3.8) is 0 Å². The summed E-state index contributed by atoms with van der Waals surface area (Å²) in [7, 11) is -2.58. The predicted molar refractivity (Wildman–Crippen MR) is 98.8 cm³/mol. The molecular formula is C20H19F2NO2S. The largest absolute Gasteiger partial charge is 0.341 e. The van der Waals surface area contributed by atoms with Gasteiger partial charge in [-0.1, -0.05) is 54.6 Å². The minimum absolute atomic E-state index is 0.354. The molecule has 0 aliphatic heterocycles. The van der Waals surface area contributed by atoms with Gasteiger partial charge in [0.1, 0.15) is 0 Å². The highest BCUT2D eigenvalue weighted by molar-refractivity contribution is 7.91. The minimum atomic E-state index is -4.54. The zero-order valence-corrected chi connectivity index (χ0v) is 15.1. The van der Waals surface area contributed by atoms with Crippen LogP contribution < -0.4 is 0 Å². The topological polar surface area (TPSA) is 37.4 Å². The van der Waals surface area contributed by atoms with Crippen molar-refractivity contribution in [2.45, 2.75) is 23.7 Å². The third-order valence-electron chi connectivity index (χ3n) is 4.26. The van der Waals surface area contributed by atoms with E-state index in [1.165, 1.54) is 28.5 Å². The summed E-state index contributed by atoms with van der Waals surface area (Å²) in [6.07, 6.45) is 0. The van der Waals surface area contributed by atoms with Crippen LogP contribution in [0.2, 0.25) is 0 Å². The number of rotatable bonds is 6. The van der Waals surface area contributed by atoms with Gasteiger partial charge in [-0.3, -0.25) is 4.90 Å². The first-order chi connectivity index (χ1) is 12.4. The maximum Gasteiger partial charge on any atom is 0.341 e. The van der Waals surface area contributed by atoms with Gasteiger partial charge < -0.3 is 0 Å². The van der Waals surface area contributed by atoms with Crippen molar-refractivity contribution in [3.05, 3.63) is 77.9 Å². The lowest BCUT2D eigenvalue weighted by Gasteiger charge is -2.18. The Hall–Kier alpha value is -2.31. The van der Waals surface area contributed by atoms with Gasteiger partial charge in [-0.25, -0.2) is 8.42 Å². The highest BCUT2D eigenvalue weighted by Crippen LogP contribution is 2.21. The molecule has 3 nitrogen and oxygen atoms in total. The quantitative estimate of drug-likeness (QED) is 0.638. The van der Waals surface area contributed by atoms with E-state index < -0.39 is 15.6 Å². The Morgan fingerprint density at radius 3 is 2.23 bits per heavy atom. The van der Waals surface area contributed by atoms with Crippen LogP contribution in [0.5, 0.6) is 0 Å². The first-order valence-electron chi connectivity index (χ1n) is 8.14. The van der Waals surface area contributed by atoms with Crippen molar-refractivity contribution in [3.8, 4) is 0 Å². The Balaban J connectivity index is 1.73. The number of fused-ring (bicyclic) bond motifs is 1. The summed E-state index contributed by atoms with van der Waals surface area (Å²) in [5.41, 5.74) is 2.06. The molecule has 0 amide bonds. The molecule has 0 bridgehead atoms. The average molecular weight is 375 g/mol. The fraction of sp³-hybridized carbons (Fsp3) is 0.200. The average Bonchev–Trinajstić information content (AvgIpc) is 2.62. The lowest BCUT2D eigenvalue weighted by Crippen LogP contribution is -2.17. The second-order valence-corrected chi connectivity index (χ2v) is 8.18. The molecule has 3 aromatic rings. The maximum atomic E-state index is 12.6. The van der Waals surface area contributed by atoms with Crippen LogP contribution in [0.3, 0.4) is 0 Å². The molecule has 6 heteroatoms. The number of nitrogens with zero attached hydrogens (tertiary/aromatic N) is 1. The van der Waals surface area contributed by atoms with Crippen LogP contribution in [0.4, 0.5) is 8.78 Å². The van der Waals surface area contributed by atoms with E-state index in [0.717, 1.165) is 12.1 Å². The highest BCUT2D eigenvalue weighted by atomic mass is 32.2. The number of alkyl halides is 2. The van der Waals surface area contributed by atoms with Gasteiger partial charge in [-0.15, -0.1) is 0 Å². The standard InChI is InChI=1S/C20H19F2NO2S/c1-23(14-17-7-4-6-16-5-2-3-8-19(16)17)13-15-9-11-18(12-10-15)26(24,25)20(21)22/h2-12,20H,13-14H2,1H3. The first kappa shape index (κ1) is 18.5. The smallest absolute Gasteiger partial charge is 0.298 e. The molecule has 0 saturated heterocycles. The molecule has 0 saturated carbocycles. The molecule has 0 aromatic heterocycles. The van der Waals surface area contributed by atoms with Gasteiger partial charge in [0.25, 0.3) is 0 Å². The molecule has 3 aromatic carbocycles. The molecular weight excluding hydrogens is 356 g/mol. The third-order valence-corrected chi connectivity index (χ3v) is 5.66. The summed E-state index contributed by atoms with van der Waals surface area (Å²) in [6, 6.07) is 20.0. The van der Waals surface area contributed by atoms with Crippen LogP contribution in [0, 0.1) is 0 Å². The molecule has 0 aliphatic carbocycles. The van der Waals surface area contributed by atoms with E-state index in [1.807, 2.05) is 25.2 Å². The van der Waals surface area contributed by atoms with Crippen molar-refractivity contribution in [1.29, 1.82) is 0 Å². The summed E-state index contributed by atoms with van der Waals surface area (Å²) in [6.45, 7) is 1.30. The van der Waals surface area contributed by atoms with Gasteiger partial charge in [0, 0.05) is 13.1 Å². The number of hydrogen-bond donors (Lipinski definition) is 0. The molecule has 0 aliphatic rings.